The van der Waals surface area contributed by atoms with Crippen LogP contribution in [-0.2, 0) is 4.79 Å². The fraction of sp³-hybridized carbons (Fsp3) is 0.190. The number of benzene rings is 2. The van der Waals surface area contributed by atoms with Crippen LogP contribution in [0.3, 0.4) is 0 Å². The van der Waals surface area contributed by atoms with E-state index in [0.29, 0.717) is 33.3 Å². The van der Waals surface area contributed by atoms with Gasteiger partial charge >= 0.3 is 0 Å². The number of rotatable bonds is 6. The predicted octanol–water partition coefficient (Wildman–Crippen LogP) is 4.13. The van der Waals surface area contributed by atoms with E-state index in [9.17, 15) is 9.59 Å². The number of carbonyl (C=O) groups is 1. The van der Waals surface area contributed by atoms with Gasteiger partial charge in [0.05, 0.1) is 21.8 Å². The molecule has 3 aromatic rings. The summed E-state index contributed by atoms with van der Waals surface area (Å²) in [5, 5.41) is 3.73. The molecular weight excluding hydrogens is 394 g/mol. The molecule has 0 saturated carbocycles. The third kappa shape index (κ3) is 4.29. The molecule has 5 nitrogen and oxygen atoms in total. The van der Waals surface area contributed by atoms with Crippen LogP contribution in [0, 0.1) is 6.92 Å². The maximum Gasteiger partial charge on any atom is 0.266 e. The number of fused-ring (bicyclic) bond motifs is 1. The minimum atomic E-state index is -0.444. The third-order valence-corrected chi connectivity index (χ3v) is 5.45. The highest BCUT2D eigenvalue weighted by atomic mass is 35.5. The number of halogens is 1. The van der Waals surface area contributed by atoms with Crippen LogP contribution in [0.1, 0.15) is 12.5 Å². The van der Waals surface area contributed by atoms with Gasteiger partial charge in [0.25, 0.3) is 5.56 Å². The Morgan fingerprint density at radius 3 is 2.71 bits per heavy atom. The summed E-state index contributed by atoms with van der Waals surface area (Å²) in [6.07, 6.45) is 1.62. The van der Waals surface area contributed by atoms with Gasteiger partial charge in [-0.2, -0.15) is 0 Å². The van der Waals surface area contributed by atoms with E-state index in [2.05, 4.69) is 16.9 Å². The molecule has 0 unspecified atom stereocenters. The first-order valence-electron chi connectivity index (χ1n) is 8.75. The van der Waals surface area contributed by atoms with E-state index in [1.165, 1.54) is 16.3 Å². The molecule has 28 heavy (non-hydrogen) atoms. The number of amides is 1. The third-order valence-electron chi connectivity index (χ3n) is 4.16. The van der Waals surface area contributed by atoms with Crippen molar-refractivity contribution in [2.75, 3.05) is 6.54 Å². The van der Waals surface area contributed by atoms with Gasteiger partial charge in [0, 0.05) is 11.6 Å². The quantitative estimate of drug-likeness (QED) is 0.375. The van der Waals surface area contributed by atoms with E-state index in [-0.39, 0.29) is 11.5 Å². The molecule has 0 aliphatic heterocycles. The number of aromatic nitrogens is 2. The Labute approximate surface area is 172 Å². The first kappa shape index (κ1) is 20.2. The Bertz CT molecular complexity index is 1090. The zero-order chi connectivity index (χ0) is 20.3. The second-order valence-corrected chi connectivity index (χ2v) is 8.07. The van der Waals surface area contributed by atoms with Crippen molar-refractivity contribution in [2.45, 2.75) is 24.3 Å². The molecule has 1 atom stereocenters. The van der Waals surface area contributed by atoms with Crippen LogP contribution in [0.15, 0.2) is 65.1 Å². The molecule has 7 heteroatoms. The van der Waals surface area contributed by atoms with Crippen molar-refractivity contribution in [3.8, 4) is 5.69 Å². The summed E-state index contributed by atoms with van der Waals surface area (Å²) in [7, 11) is 0. The number of nitrogens with zero attached hydrogens (tertiary/aromatic N) is 2. The Morgan fingerprint density at radius 1 is 1.32 bits per heavy atom. The summed E-state index contributed by atoms with van der Waals surface area (Å²) in [6, 6.07) is 12.6. The predicted molar refractivity (Wildman–Crippen MR) is 116 cm³/mol. The fourth-order valence-electron chi connectivity index (χ4n) is 2.67. The van der Waals surface area contributed by atoms with Gasteiger partial charge in [0.2, 0.25) is 5.91 Å². The SMILES string of the molecule is C=CCNC(=O)[C@H](C)Sc1nc2cc(Cl)ccc2c(=O)n1-c1ccc(C)cc1. The van der Waals surface area contributed by atoms with Crippen LogP contribution in [-0.4, -0.2) is 27.3 Å². The average Bonchev–Trinajstić information content (AvgIpc) is 2.67. The van der Waals surface area contributed by atoms with Crippen molar-refractivity contribution < 1.29 is 4.79 Å². The standard InChI is InChI=1S/C21H20ClN3O2S/c1-4-11-23-19(26)14(3)28-21-24-18-12-15(22)7-10-17(18)20(27)25(21)16-8-5-13(2)6-9-16/h4-10,12,14H,1,11H2,2-3H3,(H,23,26)/t14-/m0/s1. The Morgan fingerprint density at radius 2 is 2.04 bits per heavy atom. The minimum Gasteiger partial charge on any atom is -0.352 e. The van der Waals surface area contributed by atoms with Gasteiger partial charge in [-0.3, -0.25) is 14.2 Å². The average molecular weight is 414 g/mol. The van der Waals surface area contributed by atoms with E-state index in [1.54, 1.807) is 31.2 Å². The molecule has 0 saturated heterocycles. The minimum absolute atomic E-state index is 0.152. The summed E-state index contributed by atoms with van der Waals surface area (Å²) in [5.74, 6) is -0.152. The molecule has 0 radical (unpaired) electrons. The maximum atomic E-state index is 13.2. The number of carbonyl (C=O) groups excluding carboxylic acids is 1. The molecule has 1 aromatic heterocycles. The lowest BCUT2D eigenvalue weighted by atomic mass is 10.2. The van der Waals surface area contributed by atoms with Crippen LogP contribution in [0.4, 0.5) is 0 Å². The Hall–Kier alpha value is -2.57. The van der Waals surface area contributed by atoms with Crippen LogP contribution < -0.4 is 10.9 Å². The maximum absolute atomic E-state index is 13.2. The summed E-state index contributed by atoms with van der Waals surface area (Å²) in [5.41, 5.74) is 2.08. The van der Waals surface area contributed by atoms with Crippen molar-refractivity contribution in [1.82, 2.24) is 14.9 Å². The van der Waals surface area contributed by atoms with E-state index in [4.69, 9.17) is 11.6 Å². The summed E-state index contributed by atoms with van der Waals surface area (Å²) in [4.78, 5) is 30.1. The molecule has 0 spiro atoms. The van der Waals surface area contributed by atoms with Crippen molar-refractivity contribution in [1.29, 1.82) is 0 Å². The Balaban J connectivity index is 2.14. The van der Waals surface area contributed by atoms with E-state index in [1.807, 2.05) is 31.2 Å². The molecule has 144 valence electrons. The molecule has 0 aliphatic rings. The van der Waals surface area contributed by atoms with Crippen LogP contribution in [0.5, 0.6) is 0 Å². The number of aryl methyl sites for hydroxylation is 1. The van der Waals surface area contributed by atoms with E-state index < -0.39 is 5.25 Å². The lowest BCUT2D eigenvalue weighted by molar-refractivity contribution is -0.120. The molecule has 1 N–H and O–H groups in total. The first-order valence-corrected chi connectivity index (χ1v) is 10.0. The molecule has 3 rings (SSSR count). The molecule has 0 aliphatic carbocycles. The topological polar surface area (TPSA) is 64.0 Å². The van der Waals surface area contributed by atoms with Crippen molar-refractivity contribution in [3.63, 3.8) is 0 Å². The largest absolute Gasteiger partial charge is 0.352 e. The van der Waals surface area contributed by atoms with Crippen LogP contribution in [0.25, 0.3) is 16.6 Å². The van der Waals surface area contributed by atoms with Gasteiger partial charge in [0.1, 0.15) is 0 Å². The van der Waals surface area contributed by atoms with Gasteiger partial charge in [-0.1, -0.05) is 47.1 Å². The molecule has 0 bridgehead atoms. The van der Waals surface area contributed by atoms with Gasteiger partial charge < -0.3 is 5.32 Å². The molecule has 1 amide bonds. The highest BCUT2D eigenvalue weighted by molar-refractivity contribution is 8.00. The second kappa shape index (κ2) is 8.63. The smallest absolute Gasteiger partial charge is 0.266 e. The number of thioether (sulfide) groups is 1. The monoisotopic (exact) mass is 413 g/mol. The zero-order valence-corrected chi connectivity index (χ0v) is 17.2. The fourth-order valence-corrected chi connectivity index (χ4v) is 3.78. The molecular formula is C21H20ClN3O2S. The van der Waals surface area contributed by atoms with Gasteiger partial charge in [-0.15, -0.1) is 6.58 Å². The summed E-state index contributed by atoms with van der Waals surface area (Å²) < 4.78 is 1.54. The first-order chi connectivity index (χ1) is 13.4. The van der Waals surface area contributed by atoms with E-state index >= 15 is 0 Å². The van der Waals surface area contributed by atoms with Gasteiger partial charge in [-0.25, -0.2) is 4.98 Å². The van der Waals surface area contributed by atoms with Crippen LogP contribution >= 0.6 is 23.4 Å². The lowest BCUT2D eigenvalue weighted by Gasteiger charge is -2.16. The van der Waals surface area contributed by atoms with Crippen molar-refractivity contribution >= 4 is 40.2 Å². The number of nitrogens with one attached hydrogen (secondary N) is 1. The summed E-state index contributed by atoms with van der Waals surface area (Å²) in [6.45, 7) is 7.74. The van der Waals surface area contributed by atoms with Gasteiger partial charge in [-0.05, 0) is 44.2 Å². The number of hydrogen-bond acceptors (Lipinski definition) is 4. The normalized spacial score (nSPS) is 12.0. The zero-order valence-electron chi connectivity index (χ0n) is 15.6. The van der Waals surface area contributed by atoms with E-state index in [0.717, 1.165) is 5.56 Å². The molecule has 1 heterocycles. The molecule has 2 aromatic carbocycles. The lowest BCUT2D eigenvalue weighted by Crippen LogP contribution is -2.32. The number of hydrogen-bond donors (Lipinski definition) is 1. The Kier molecular flexibility index (Phi) is 6.21. The van der Waals surface area contributed by atoms with Gasteiger partial charge in [0.15, 0.2) is 5.16 Å². The van der Waals surface area contributed by atoms with Crippen LogP contribution in [0.2, 0.25) is 5.02 Å². The van der Waals surface area contributed by atoms with Crippen molar-refractivity contribution in [3.05, 3.63) is 76.1 Å². The second-order valence-electron chi connectivity index (χ2n) is 6.33. The molecule has 0 fully saturated rings. The van der Waals surface area contributed by atoms with Crippen molar-refractivity contribution in [2.24, 2.45) is 0 Å². The summed E-state index contributed by atoms with van der Waals surface area (Å²) >= 11 is 7.31. The highest BCUT2D eigenvalue weighted by Crippen LogP contribution is 2.26. The highest BCUT2D eigenvalue weighted by Gasteiger charge is 2.20.